The summed E-state index contributed by atoms with van der Waals surface area (Å²) in [6.45, 7) is 5.75. The van der Waals surface area contributed by atoms with Crippen LogP contribution in [0.25, 0.3) is 0 Å². The van der Waals surface area contributed by atoms with Gasteiger partial charge in [0.25, 0.3) is 0 Å². The minimum absolute atomic E-state index is 0.277. The number of hydrogen-bond donors (Lipinski definition) is 1. The van der Waals surface area contributed by atoms with Crippen LogP contribution in [0.3, 0.4) is 0 Å². The Hall–Kier alpha value is -0.120. The Kier molecular flexibility index (Phi) is 7.89. The van der Waals surface area contributed by atoms with Gasteiger partial charge in [-0.2, -0.15) is 0 Å². The normalized spacial score (nSPS) is 10.9. The molecule has 0 saturated heterocycles. The summed E-state index contributed by atoms with van der Waals surface area (Å²) in [7, 11) is 2.04. The second-order valence-corrected chi connectivity index (χ2v) is 2.58. The van der Waals surface area contributed by atoms with Crippen LogP contribution < -0.4 is 0 Å². The summed E-state index contributed by atoms with van der Waals surface area (Å²) in [6.07, 6.45) is 0.850. The lowest BCUT2D eigenvalue weighted by Crippen LogP contribution is -2.24. The Morgan fingerprint density at radius 2 is 2.09 bits per heavy atom. The van der Waals surface area contributed by atoms with E-state index in [1.807, 2.05) is 14.0 Å². The predicted octanol–water partition coefficient (Wildman–Crippen LogP) is 0.337. The molecule has 0 amide bonds. The van der Waals surface area contributed by atoms with Crippen molar-refractivity contribution in [1.29, 1.82) is 0 Å². The molecule has 0 aliphatic rings. The Labute approximate surface area is 69.0 Å². The lowest BCUT2D eigenvalue weighted by atomic mass is 10.4. The molecule has 0 aromatic carbocycles. The lowest BCUT2D eigenvalue weighted by molar-refractivity contribution is 0.119. The molecule has 0 aliphatic carbocycles. The smallest absolute Gasteiger partial charge is 0.0593 e. The van der Waals surface area contributed by atoms with Gasteiger partial charge in [0.15, 0.2) is 0 Å². The molecule has 0 saturated carbocycles. The first-order valence-corrected chi connectivity index (χ1v) is 4.18. The minimum Gasteiger partial charge on any atom is -0.396 e. The van der Waals surface area contributed by atoms with Crippen molar-refractivity contribution in [3.8, 4) is 0 Å². The highest BCUT2D eigenvalue weighted by molar-refractivity contribution is 4.49. The van der Waals surface area contributed by atoms with Crippen molar-refractivity contribution < 1.29 is 9.84 Å². The van der Waals surface area contributed by atoms with Crippen LogP contribution in [0.4, 0.5) is 0 Å². The number of ether oxygens (including phenoxy) is 1. The van der Waals surface area contributed by atoms with Crippen molar-refractivity contribution in [2.45, 2.75) is 13.3 Å². The fraction of sp³-hybridized carbons (Fsp3) is 1.00. The molecule has 0 bridgehead atoms. The van der Waals surface area contributed by atoms with Gasteiger partial charge in [-0.3, -0.25) is 0 Å². The van der Waals surface area contributed by atoms with Gasteiger partial charge in [-0.25, -0.2) is 0 Å². The molecular formula is C8H19NO2. The van der Waals surface area contributed by atoms with E-state index < -0.39 is 0 Å². The van der Waals surface area contributed by atoms with E-state index in [1.54, 1.807) is 0 Å². The average Bonchev–Trinajstić information content (AvgIpc) is 2.01. The molecular weight excluding hydrogens is 142 g/mol. The fourth-order valence-electron chi connectivity index (χ4n) is 0.817. The van der Waals surface area contributed by atoms with Crippen molar-refractivity contribution in [2.75, 3.05) is 40.0 Å². The Bertz CT molecular complexity index is 78.5. The number of aliphatic hydroxyl groups is 1. The molecule has 3 heteroatoms. The summed E-state index contributed by atoms with van der Waals surface area (Å²) in [5.74, 6) is 0. The summed E-state index contributed by atoms with van der Waals surface area (Å²) in [5.41, 5.74) is 0. The van der Waals surface area contributed by atoms with Crippen molar-refractivity contribution in [2.24, 2.45) is 0 Å². The van der Waals surface area contributed by atoms with Gasteiger partial charge in [-0.1, -0.05) is 0 Å². The van der Waals surface area contributed by atoms with Crippen LogP contribution in [0.1, 0.15) is 13.3 Å². The number of nitrogens with zero attached hydrogens (tertiary/aromatic N) is 1. The first-order valence-electron chi connectivity index (χ1n) is 4.18. The van der Waals surface area contributed by atoms with Crippen LogP contribution in [-0.2, 0) is 4.74 Å². The fourth-order valence-corrected chi connectivity index (χ4v) is 0.817. The van der Waals surface area contributed by atoms with E-state index in [0.717, 1.165) is 32.7 Å². The number of likely N-dealkylation sites (N-methyl/N-ethyl adjacent to an activating group) is 1. The van der Waals surface area contributed by atoms with E-state index in [2.05, 4.69) is 4.90 Å². The molecule has 0 rings (SSSR count). The molecule has 3 nitrogen and oxygen atoms in total. The molecule has 0 fully saturated rings. The molecule has 0 atom stereocenters. The largest absolute Gasteiger partial charge is 0.396 e. The van der Waals surface area contributed by atoms with Gasteiger partial charge < -0.3 is 14.7 Å². The molecule has 0 heterocycles. The third-order valence-electron chi connectivity index (χ3n) is 1.52. The maximum Gasteiger partial charge on any atom is 0.0593 e. The minimum atomic E-state index is 0.277. The molecule has 0 spiro atoms. The van der Waals surface area contributed by atoms with Gasteiger partial charge in [0.2, 0.25) is 0 Å². The summed E-state index contributed by atoms with van der Waals surface area (Å²) in [5, 5.41) is 8.53. The Morgan fingerprint density at radius 3 is 2.64 bits per heavy atom. The van der Waals surface area contributed by atoms with Crippen molar-refractivity contribution in [3.05, 3.63) is 0 Å². The second kappa shape index (κ2) is 7.98. The van der Waals surface area contributed by atoms with E-state index in [4.69, 9.17) is 9.84 Å². The summed E-state index contributed by atoms with van der Waals surface area (Å²) < 4.78 is 5.18. The molecule has 1 N–H and O–H groups in total. The Morgan fingerprint density at radius 1 is 1.36 bits per heavy atom. The highest BCUT2D eigenvalue weighted by Gasteiger charge is 1.95. The first kappa shape index (κ1) is 10.9. The first-order chi connectivity index (χ1) is 5.31. The number of aliphatic hydroxyl groups excluding tert-OH is 1. The van der Waals surface area contributed by atoms with Gasteiger partial charge in [0, 0.05) is 26.3 Å². The zero-order valence-corrected chi connectivity index (χ0v) is 7.55. The molecule has 11 heavy (non-hydrogen) atoms. The highest BCUT2D eigenvalue weighted by Crippen LogP contribution is 1.86. The Balaban J connectivity index is 3.02. The van der Waals surface area contributed by atoms with Gasteiger partial charge in [0.05, 0.1) is 6.61 Å². The van der Waals surface area contributed by atoms with Crippen molar-refractivity contribution in [3.63, 3.8) is 0 Å². The van der Waals surface area contributed by atoms with Crippen LogP contribution in [-0.4, -0.2) is 50.0 Å². The van der Waals surface area contributed by atoms with E-state index in [0.29, 0.717) is 0 Å². The maximum absolute atomic E-state index is 8.53. The SMILES string of the molecule is CCOCCN(C)CCCO. The number of hydrogen-bond acceptors (Lipinski definition) is 3. The topological polar surface area (TPSA) is 32.7 Å². The van der Waals surface area contributed by atoms with E-state index >= 15 is 0 Å². The summed E-state index contributed by atoms with van der Waals surface area (Å²) >= 11 is 0. The third-order valence-corrected chi connectivity index (χ3v) is 1.52. The van der Waals surface area contributed by atoms with E-state index in [9.17, 15) is 0 Å². The van der Waals surface area contributed by atoms with Crippen LogP contribution >= 0.6 is 0 Å². The van der Waals surface area contributed by atoms with Crippen LogP contribution in [0.5, 0.6) is 0 Å². The van der Waals surface area contributed by atoms with Crippen molar-refractivity contribution >= 4 is 0 Å². The lowest BCUT2D eigenvalue weighted by Gasteiger charge is -2.14. The number of rotatable bonds is 7. The molecule has 68 valence electrons. The highest BCUT2D eigenvalue weighted by atomic mass is 16.5. The molecule has 0 aromatic heterocycles. The molecule has 0 unspecified atom stereocenters. The summed E-state index contributed by atoms with van der Waals surface area (Å²) in [4.78, 5) is 2.16. The summed E-state index contributed by atoms with van der Waals surface area (Å²) in [6, 6.07) is 0. The van der Waals surface area contributed by atoms with Crippen LogP contribution in [0, 0.1) is 0 Å². The molecule has 0 aliphatic heterocycles. The van der Waals surface area contributed by atoms with Crippen LogP contribution in [0.2, 0.25) is 0 Å². The average molecular weight is 161 g/mol. The van der Waals surface area contributed by atoms with Gasteiger partial charge in [-0.15, -0.1) is 0 Å². The monoisotopic (exact) mass is 161 g/mol. The quantitative estimate of drug-likeness (QED) is 0.546. The molecule has 0 aromatic rings. The van der Waals surface area contributed by atoms with E-state index in [1.165, 1.54) is 0 Å². The van der Waals surface area contributed by atoms with Crippen LogP contribution in [0.15, 0.2) is 0 Å². The zero-order chi connectivity index (χ0) is 8.53. The van der Waals surface area contributed by atoms with Crippen molar-refractivity contribution in [1.82, 2.24) is 4.90 Å². The maximum atomic E-state index is 8.53. The third kappa shape index (κ3) is 7.78. The standard InChI is InChI=1S/C8H19NO2/c1-3-11-8-6-9(2)5-4-7-10/h10H,3-8H2,1-2H3. The predicted molar refractivity (Wildman–Crippen MR) is 45.7 cm³/mol. The van der Waals surface area contributed by atoms with Gasteiger partial charge in [0.1, 0.15) is 0 Å². The van der Waals surface area contributed by atoms with Gasteiger partial charge >= 0.3 is 0 Å². The second-order valence-electron chi connectivity index (χ2n) is 2.58. The van der Waals surface area contributed by atoms with Gasteiger partial charge in [-0.05, 0) is 20.4 Å². The molecule has 0 radical (unpaired) electrons. The van der Waals surface area contributed by atoms with E-state index in [-0.39, 0.29) is 6.61 Å². The zero-order valence-electron chi connectivity index (χ0n) is 7.55.